The van der Waals surface area contributed by atoms with Gasteiger partial charge in [-0.1, -0.05) is 26.2 Å². The molecule has 0 bridgehead atoms. The van der Waals surface area contributed by atoms with E-state index >= 15 is 0 Å². The molecule has 0 radical (unpaired) electrons. The van der Waals surface area contributed by atoms with Crippen LogP contribution in [0.5, 0.6) is 0 Å². The zero-order chi connectivity index (χ0) is 9.49. The Balaban J connectivity index is -0.000000142. The summed E-state index contributed by atoms with van der Waals surface area (Å²) in [6.45, 7) is 15.1. The molecule has 0 fully saturated rings. The van der Waals surface area contributed by atoms with Crippen molar-refractivity contribution in [3.63, 3.8) is 0 Å². The van der Waals surface area contributed by atoms with Crippen molar-refractivity contribution >= 4 is 0 Å². The van der Waals surface area contributed by atoms with Gasteiger partial charge in [0.05, 0.1) is 0 Å². The zero-order valence-corrected chi connectivity index (χ0v) is 13.0. The number of hydrogen-bond acceptors (Lipinski definition) is 0. The van der Waals surface area contributed by atoms with Crippen molar-refractivity contribution in [1.29, 1.82) is 0 Å². The molecule has 0 nitrogen and oxygen atoms in total. The summed E-state index contributed by atoms with van der Waals surface area (Å²) < 4.78 is 0. The summed E-state index contributed by atoms with van der Waals surface area (Å²) in [5.41, 5.74) is 0.495. The Kier molecular flexibility index (Phi) is 14.9. The van der Waals surface area contributed by atoms with Gasteiger partial charge in [-0.25, -0.2) is 0 Å². The van der Waals surface area contributed by atoms with Crippen LogP contribution in [-0.4, -0.2) is 0 Å². The molecule has 0 amide bonds. The predicted octanol–water partition coefficient (Wildman–Crippen LogP) is 4.26. The van der Waals surface area contributed by atoms with Crippen LogP contribution in [-0.2, 0) is 19.5 Å². The maximum absolute atomic E-state index is 2.24. The van der Waals surface area contributed by atoms with Gasteiger partial charge in [0, 0.05) is 0 Å². The van der Waals surface area contributed by atoms with E-state index < -0.39 is 0 Å². The first-order valence-electron chi connectivity index (χ1n) is 4.34. The van der Waals surface area contributed by atoms with Crippen LogP contribution in [0.3, 0.4) is 0 Å². The molecule has 0 aliphatic rings. The van der Waals surface area contributed by atoms with Gasteiger partial charge in [0.25, 0.3) is 0 Å². The van der Waals surface area contributed by atoms with E-state index in [2.05, 4.69) is 54.9 Å². The van der Waals surface area contributed by atoms with Gasteiger partial charge < -0.3 is 12.3 Å². The van der Waals surface area contributed by atoms with Gasteiger partial charge in [0.2, 0.25) is 0 Å². The Bertz CT molecular complexity index is 66.8. The van der Waals surface area contributed by atoms with Crippen LogP contribution < -0.4 is 0 Å². The summed E-state index contributed by atoms with van der Waals surface area (Å²) in [7, 11) is 0. The normalized spacial score (nSPS) is 10.0. The van der Waals surface area contributed by atoms with E-state index in [9.17, 15) is 0 Å². The first-order valence-corrected chi connectivity index (χ1v) is 4.34. The molecule has 0 aliphatic carbocycles. The Morgan fingerprint density at radius 1 is 1.08 bits per heavy atom. The number of rotatable bonds is 1. The second kappa shape index (κ2) is 9.71. The summed E-state index contributed by atoms with van der Waals surface area (Å²) in [4.78, 5) is 0. The van der Waals surface area contributed by atoms with E-state index in [1.165, 1.54) is 12.3 Å². The van der Waals surface area contributed by atoms with Crippen molar-refractivity contribution in [2.24, 2.45) is 5.41 Å². The van der Waals surface area contributed by atoms with E-state index in [0.717, 1.165) is 0 Å². The van der Waals surface area contributed by atoms with E-state index in [-0.39, 0.29) is 19.5 Å². The summed E-state index contributed by atoms with van der Waals surface area (Å²) in [5.74, 6) is 1.42. The minimum absolute atomic E-state index is 0. The SMILES string of the molecule is C[C-](C)C.C[CH-]CC(C)(C)C.[Zn+2]. The molecule has 0 atom stereocenters. The van der Waals surface area contributed by atoms with Crippen LogP contribution in [0.25, 0.3) is 0 Å². The first kappa shape index (κ1) is 18.4. The topological polar surface area (TPSA) is 0 Å². The molecule has 0 aromatic carbocycles. The Hall–Kier alpha value is 0.623. The molecule has 0 N–H and O–H groups in total. The molecule has 0 heterocycles. The van der Waals surface area contributed by atoms with Crippen LogP contribution in [0.1, 0.15) is 54.9 Å². The first-order chi connectivity index (χ1) is 4.79. The maximum Gasteiger partial charge on any atom is 2.00 e. The van der Waals surface area contributed by atoms with E-state index in [1.807, 2.05) is 0 Å². The average molecular weight is 222 g/mol. The van der Waals surface area contributed by atoms with Gasteiger partial charge >= 0.3 is 19.5 Å². The van der Waals surface area contributed by atoms with E-state index in [1.54, 1.807) is 0 Å². The number of hydrogen-bond donors (Lipinski definition) is 0. The average Bonchev–Trinajstić information content (AvgIpc) is 1.58. The van der Waals surface area contributed by atoms with Crippen molar-refractivity contribution < 1.29 is 19.5 Å². The molecule has 0 unspecified atom stereocenters. The standard InChI is InChI=1S/C7H15.C4H9.Zn/c1-5-6-7(2,3)4;1-4(2)3;/h5H,6H2,1-4H3;1-3H3;/q2*-1;+2. The smallest absolute Gasteiger partial charge is 0.331 e. The van der Waals surface area contributed by atoms with Gasteiger partial charge in [-0.3, -0.25) is 0 Å². The van der Waals surface area contributed by atoms with Gasteiger partial charge in [0.1, 0.15) is 0 Å². The van der Waals surface area contributed by atoms with Gasteiger partial charge in [-0.2, -0.15) is 34.1 Å². The fraction of sp³-hybridized carbons (Fsp3) is 0.818. The molecule has 0 spiro atoms. The fourth-order valence-electron chi connectivity index (χ4n) is 0.612. The predicted molar refractivity (Wildman–Crippen MR) is 54.3 cm³/mol. The third-order valence-electron chi connectivity index (χ3n) is 0.816. The van der Waals surface area contributed by atoms with Crippen molar-refractivity contribution in [3.8, 4) is 0 Å². The summed E-state index contributed by atoms with van der Waals surface area (Å²) in [5, 5.41) is 0. The molecule has 0 aromatic rings. The van der Waals surface area contributed by atoms with Crippen LogP contribution in [0.15, 0.2) is 0 Å². The third-order valence-corrected chi connectivity index (χ3v) is 0.816. The van der Waals surface area contributed by atoms with E-state index in [4.69, 9.17) is 0 Å². The molecular weight excluding hydrogens is 198 g/mol. The summed E-state index contributed by atoms with van der Waals surface area (Å²) in [6, 6.07) is 0. The molecule has 0 aliphatic heterocycles. The molecule has 0 rings (SSSR count). The molecule has 0 saturated heterocycles. The molecular formula is C11H24Zn. The third kappa shape index (κ3) is 46.0. The van der Waals surface area contributed by atoms with Gasteiger partial charge in [-0.05, 0) is 0 Å². The molecule has 0 saturated carbocycles. The van der Waals surface area contributed by atoms with Gasteiger partial charge in [-0.15, -0.1) is 0 Å². The van der Waals surface area contributed by atoms with Crippen LogP contribution in [0.2, 0.25) is 0 Å². The van der Waals surface area contributed by atoms with Crippen LogP contribution in [0, 0.1) is 17.8 Å². The Labute approximate surface area is 92.3 Å². The monoisotopic (exact) mass is 220 g/mol. The van der Waals surface area contributed by atoms with Gasteiger partial charge in [0.15, 0.2) is 0 Å². The van der Waals surface area contributed by atoms with Crippen molar-refractivity contribution in [2.75, 3.05) is 0 Å². The second-order valence-electron chi connectivity index (χ2n) is 4.67. The Morgan fingerprint density at radius 2 is 1.33 bits per heavy atom. The van der Waals surface area contributed by atoms with Crippen LogP contribution >= 0.6 is 0 Å². The maximum atomic E-state index is 2.24. The van der Waals surface area contributed by atoms with Crippen molar-refractivity contribution in [1.82, 2.24) is 0 Å². The second-order valence-corrected chi connectivity index (χ2v) is 4.67. The summed E-state index contributed by atoms with van der Waals surface area (Å²) in [6.07, 6.45) is 3.42. The Morgan fingerprint density at radius 3 is 1.33 bits per heavy atom. The van der Waals surface area contributed by atoms with Crippen LogP contribution in [0.4, 0.5) is 0 Å². The summed E-state index contributed by atoms with van der Waals surface area (Å²) >= 11 is 0. The fourth-order valence-corrected chi connectivity index (χ4v) is 0.612. The van der Waals surface area contributed by atoms with E-state index in [0.29, 0.717) is 5.41 Å². The quantitative estimate of drug-likeness (QED) is 0.458. The molecule has 70 valence electrons. The molecule has 0 aromatic heterocycles. The minimum Gasteiger partial charge on any atom is -0.331 e. The van der Waals surface area contributed by atoms with Crippen molar-refractivity contribution in [3.05, 3.63) is 12.3 Å². The zero-order valence-electron chi connectivity index (χ0n) is 9.99. The molecule has 1 heteroatoms. The largest absolute Gasteiger partial charge is 2.00 e. The molecule has 12 heavy (non-hydrogen) atoms. The van der Waals surface area contributed by atoms with Crippen molar-refractivity contribution in [2.45, 2.75) is 54.9 Å². The minimum atomic E-state index is 0.